The van der Waals surface area contributed by atoms with Gasteiger partial charge in [0.2, 0.25) is 0 Å². The molecule has 0 fully saturated rings. The Morgan fingerprint density at radius 2 is 1.81 bits per heavy atom. The molecule has 0 unspecified atom stereocenters. The number of rotatable bonds is 7. The van der Waals surface area contributed by atoms with E-state index in [2.05, 4.69) is 0 Å². The van der Waals surface area contributed by atoms with Gasteiger partial charge in [-0.25, -0.2) is 0 Å². The van der Waals surface area contributed by atoms with E-state index in [9.17, 15) is 9.90 Å². The first kappa shape index (κ1) is 20.9. The molecule has 0 aliphatic carbocycles. The molecule has 2 aromatic rings. The number of hydrogen-bond donors (Lipinski definition) is 1. The molecule has 0 aliphatic heterocycles. The minimum atomic E-state index is -0.129. The number of ether oxygens (including phenoxy) is 1. The Balaban J connectivity index is 2.43. The largest absolute Gasteiger partial charge is 0.507 e. The number of carbonyl (C=O) groups is 1. The summed E-state index contributed by atoms with van der Waals surface area (Å²) in [5, 5.41) is 10.6. The Labute approximate surface area is 165 Å². The molecule has 0 saturated carbocycles. The molecule has 144 valence electrons. The quantitative estimate of drug-likeness (QED) is 0.533. The molecular weight excluding hydrogens is 358 g/mol. The first-order valence-corrected chi connectivity index (χ1v) is 10.2. The number of thioether (sulfide) groups is 1. The second kappa shape index (κ2) is 9.51. The van der Waals surface area contributed by atoms with Crippen LogP contribution in [0, 0.1) is 6.92 Å². The zero-order chi connectivity index (χ0) is 20.0. The zero-order valence-electron chi connectivity index (χ0n) is 16.6. The highest BCUT2D eigenvalue weighted by atomic mass is 32.2. The fourth-order valence-electron chi connectivity index (χ4n) is 2.97. The van der Waals surface area contributed by atoms with Gasteiger partial charge in [0, 0.05) is 18.0 Å². The fourth-order valence-corrected chi connectivity index (χ4v) is 3.79. The first-order valence-electron chi connectivity index (χ1n) is 8.98. The SMILES string of the molecule is CCN(CC)C(=O)c1c(O)cc(/C=C/c2ccc(OC)cc2)c(C)c1SC. The van der Waals surface area contributed by atoms with E-state index in [0.717, 1.165) is 27.3 Å². The van der Waals surface area contributed by atoms with Crippen molar-refractivity contribution >= 4 is 29.8 Å². The average molecular weight is 386 g/mol. The van der Waals surface area contributed by atoms with Gasteiger partial charge in [0.25, 0.3) is 5.91 Å². The summed E-state index contributed by atoms with van der Waals surface area (Å²) < 4.78 is 5.17. The zero-order valence-corrected chi connectivity index (χ0v) is 17.4. The Morgan fingerprint density at radius 3 is 2.33 bits per heavy atom. The van der Waals surface area contributed by atoms with Crippen molar-refractivity contribution in [1.29, 1.82) is 0 Å². The highest BCUT2D eigenvalue weighted by Crippen LogP contribution is 2.35. The maximum absolute atomic E-state index is 12.8. The van der Waals surface area contributed by atoms with Crippen LogP contribution in [0.3, 0.4) is 0 Å². The van der Waals surface area contributed by atoms with Gasteiger partial charge in [-0.05, 0) is 61.9 Å². The number of phenols is 1. The van der Waals surface area contributed by atoms with Gasteiger partial charge in [-0.1, -0.05) is 24.3 Å². The summed E-state index contributed by atoms with van der Waals surface area (Å²) in [7, 11) is 1.64. The van der Waals surface area contributed by atoms with Crippen molar-refractivity contribution in [2.45, 2.75) is 25.7 Å². The molecule has 5 heteroatoms. The minimum Gasteiger partial charge on any atom is -0.507 e. The third-order valence-corrected chi connectivity index (χ3v) is 5.51. The van der Waals surface area contributed by atoms with Crippen LogP contribution in [0.25, 0.3) is 12.2 Å². The van der Waals surface area contributed by atoms with Crippen LogP contribution in [0.5, 0.6) is 11.5 Å². The minimum absolute atomic E-state index is 0.0243. The van der Waals surface area contributed by atoms with Crippen LogP contribution >= 0.6 is 11.8 Å². The third kappa shape index (κ3) is 4.66. The Morgan fingerprint density at radius 1 is 1.19 bits per heavy atom. The molecule has 0 bridgehead atoms. The standard InChI is InChI=1S/C22H27NO3S/c1-6-23(7-2)22(25)20-19(24)14-17(15(3)21(20)27-5)11-8-16-9-12-18(26-4)13-10-16/h8-14,24H,6-7H2,1-5H3/b11-8+. The van der Waals surface area contributed by atoms with Crippen molar-refractivity contribution in [1.82, 2.24) is 4.90 Å². The highest BCUT2D eigenvalue weighted by molar-refractivity contribution is 7.98. The van der Waals surface area contributed by atoms with E-state index in [1.807, 2.05) is 63.4 Å². The van der Waals surface area contributed by atoms with Crippen LogP contribution in [-0.4, -0.2) is 42.4 Å². The predicted octanol–water partition coefficient (Wildman–Crippen LogP) is 5.08. The van der Waals surface area contributed by atoms with E-state index in [4.69, 9.17) is 4.74 Å². The summed E-state index contributed by atoms with van der Waals surface area (Å²) in [6.45, 7) is 7.09. The number of aromatic hydroxyl groups is 1. The lowest BCUT2D eigenvalue weighted by Crippen LogP contribution is -2.31. The summed E-state index contributed by atoms with van der Waals surface area (Å²) in [5.74, 6) is 0.705. The van der Waals surface area contributed by atoms with E-state index in [1.54, 1.807) is 18.1 Å². The van der Waals surface area contributed by atoms with Crippen molar-refractivity contribution in [3.05, 3.63) is 52.6 Å². The van der Waals surface area contributed by atoms with Crippen LogP contribution in [0.4, 0.5) is 0 Å². The summed E-state index contributed by atoms with van der Waals surface area (Å²) in [5.41, 5.74) is 3.30. The second-order valence-electron chi connectivity index (χ2n) is 6.10. The molecule has 1 amide bonds. The van der Waals surface area contributed by atoms with Gasteiger partial charge in [0.1, 0.15) is 11.5 Å². The Kier molecular flexibility index (Phi) is 7.36. The van der Waals surface area contributed by atoms with E-state index in [-0.39, 0.29) is 11.7 Å². The lowest BCUT2D eigenvalue weighted by Gasteiger charge is -2.22. The molecule has 2 rings (SSSR count). The molecule has 0 aromatic heterocycles. The number of nitrogens with zero attached hydrogens (tertiary/aromatic N) is 1. The van der Waals surface area contributed by atoms with Crippen molar-refractivity contribution in [2.24, 2.45) is 0 Å². The average Bonchev–Trinajstić information content (AvgIpc) is 2.69. The number of methoxy groups -OCH3 is 1. The molecule has 0 spiro atoms. The van der Waals surface area contributed by atoms with E-state index in [0.29, 0.717) is 18.7 Å². The fraction of sp³-hybridized carbons (Fsp3) is 0.318. The number of benzene rings is 2. The van der Waals surface area contributed by atoms with E-state index in [1.165, 1.54) is 11.8 Å². The van der Waals surface area contributed by atoms with Gasteiger partial charge >= 0.3 is 0 Å². The molecule has 0 saturated heterocycles. The van der Waals surface area contributed by atoms with Gasteiger partial charge in [0.05, 0.1) is 12.7 Å². The molecule has 0 heterocycles. The monoisotopic (exact) mass is 385 g/mol. The lowest BCUT2D eigenvalue weighted by molar-refractivity contribution is 0.0766. The lowest BCUT2D eigenvalue weighted by atomic mass is 10.0. The van der Waals surface area contributed by atoms with Gasteiger partial charge in [-0.2, -0.15) is 0 Å². The topological polar surface area (TPSA) is 49.8 Å². The predicted molar refractivity (Wildman–Crippen MR) is 114 cm³/mol. The highest BCUT2D eigenvalue weighted by Gasteiger charge is 2.23. The maximum atomic E-state index is 12.8. The van der Waals surface area contributed by atoms with Gasteiger partial charge in [0.15, 0.2) is 0 Å². The number of carbonyl (C=O) groups excluding carboxylic acids is 1. The van der Waals surface area contributed by atoms with Crippen LogP contribution in [0.2, 0.25) is 0 Å². The van der Waals surface area contributed by atoms with Crippen molar-refractivity contribution in [3.63, 3.8) is 0 Å². The van der Waals surface area contributed by atoms with Crippen LogP contribution in [-0.2, 0) is 0 Å². The summed E-state index contributed by atoms with van der Waals surface area (Å²) in [6.07, 6.45) is 5.87. The Hall–Kier alpha value is -2.40. The van der Waals surface area contributed by atoms with Crippen molar-refractivity contribution in [2.75, 3.05) is 26.5 Å². The molecule has 0 atom stereocenters. The molecule has 27 heavy (non-hydrogen) atoms. The summed E-state index contributed by atoms with van der Waals surface area (Å²) >= 11 is 1.49. The number of amides is 1. The third-order valence-electron chi connectivity index (χ3n) is 4.59. The van der Waals surface area contributed by atoms with E-state index >= 15 is 0 Å². The van der Waals surface area contributed by atoms with Gasteiger partial charge in [-0.15, -0.1) is 11.8 Å². The van der Waals surface area contributed by atoms with Crippen LogP contribution < -0.4 is 4.74 Å². The van der Waals surface area contributed by atoms with Gasteiger partial charge < -0.3 is 14.7 Å². The summed E-state index contributed by atoms with van der Waals surface area (Å²) in [6, 6.07) is 9.43. The van der Waals surface area contributed by atoms with Crippen molar-refractivity contribution < 1.29 is 14.6 Å². The van der Waals surface area contributed by atoms with Crippen LogP contribution in [0.1, 0.15) is 40.9 Å². The molecule has 0 aliphatic rings. The molecular formula is C22H27NO3S. The maximum Gasteiger partial charge on any atom is 0.258 e. The first-order chi connectivity index (χ1) is 13.0. The van der Waals surface area contributed by atoms with Gasteiger partial charge in [-0.3, -0.25) is 4.79 Å². The van der Waals surface area contributed by atoms with E-state index < -0.39 is 0 Å². The second-order valence-corrected chi connectivity index (χ2v) is 6.92. The van der Waals surface area contributed by atoms with Crippen LogP contribution in [0.15, 0.2) is 35.2 Å². The Bertz CT molecular complexity index is 824. The van der Waals surface area contributed by atoms with Crippen molar-refractivity contribution in [3.8, 4) is 11.5 Å². The summed E-state index contributed by atoms with van der Waals surface area (Å²) in [4.78, 5) is 15.4. The number of phenolic OH excluding ortho intramolecular Hbond substituents is 1. The molecule has 4 nitrogen and oxygen atoms in total. The smallest absolute Gasteiger partial charge is 0.258 e. The molecule has 2 aromatic carbocycles. The molecule has 1 N–H and O–H groups in total. The normalized spacial score (nSPS) is 11.0. The molecule has 0 radical (unpaired) electrons. The number of hydrogen-bond acceptors (Lipinski definition) is 4.